The molecule has 1 atom stereocenters. The molecule has 2 fully saturated rings. The molecule has 0 saturated carbocycles. The molecule has 0 N–H and O–H groups in total. The topological polar surface area (TPSA) is 65.7 Å². The molecule has 3 heterocycles. The van der Waals surface area contributed by atoms with E-state index in [1.165, 1.54) is 6.42 Å². The van der Waals surface area contributed by atoms with Crippen molar-refractivity contribution in [2.45, 2.75) is 58.4 Å². The summed E-state index contributed by atoms with van der Waals surface area (Å²) in [6.45, 7) is 10.4. The fourth-order valence-corrected chi connectivity index (χ4v) is 3.77. The predicted molar refractivity (Wildman–Crippen MR) is 99.8 cm³/mol. The number of carbonyl (C=O) groups excluding carboxylic acids is 1. The van der Waals surface area contributed by atoms with Gasteiger partial charge >= 0.3 is 0 Å². The van der Waals surface area contributed by atoms with E-state index in [9.17, 15) is 4.79 Å². The van der Waals surface area contributed by atoms with Crippen molar-refractivity contribution >= 4 is 5.91 Å². The summed E-state index contributed by atoms with van der Waals surface area (Å²) < 4.78 is 5.47. The molecule has 2 aliphatic heterocycles. The van der Waals surface area contributed by atoms with E-state index in [-0.39, 0.29) is 6.04 Å². The van der Waals surface area contributed by atoms with Crippen LogP contribution in [0.5, 0.6) is 0 Å². The number of unbranched alkanes of at least 4 members (excludes halogenated alkanes) is 1. The predicted octanol–water partition coefficient (Wildman–Crippen LogP) is 2.10. The fourth-order valence-electron chi connectivity index (χ4n) is 3.77. The van der Waals surface area contributed by atoms with Gasteiger partial charge in [0.1, 0.15) is 0 Å². The van der Waals surface area contributed by atoms with E-state index in [1.807, 2.05) is 4.90 Å². The minimum absolute atomic E-state index is 0.137. The van der Waals surface area contributed by atoms with Crippen LogP contribution in [-0.4, -0.2) is 76.6 Å². The lowest BCUT2D eigenvalue weighted by molar-refractivity contribution is -0.133. The standard InChI is InChI=1S/C19H33N5O2/c1-3-4-8-17-20-19(26-21-17)16(2)23-13-11-22(12-14-23)15-18(25)24-9-6-5-7-10-24/h16H,3-15H2,1-2H3. The number of hydrogen-bond donors (Lipinski definition) is 0. The molecular weight excluding hydrogens is 330 g/mol. The van der Waals surface area contributed by atoms with Gasteiger partial charge in [-0.25, -0.2) is 0 Å². The Balaban J connectivity index is 1.44. The van der Waals surface area contributed by atoms with E-state index in [1.54, 1.807) is 0 Å². The van der Waals surface area contributed by atoms with E-state index in [2.05, 4.69) is 33.8 Å². The van der Waals surface area contributed by atoms with E-state index in [4.69, 9.17) is 4.52 Å². The lowest BCUT2D eigenvalue weighted by Crippen LogP contribution is -2.51. The number of carbonyl (C=O) groups is 1. The van der Waals surface area contributed by atoms with Crippen molar-refractivity contribution in [3.05, 3.63) is 11.7 Å². The molecule has 0 radical (unpaired) electrons. The van der Waals surface area contributed by atoms with Crippen LogP contribution in [0.2, 0.25) is 0 Å². The molecule has 146 valence electrons. The molecule has 1 aromatic rings. The van der Waals surface area contributed by atoms with Crippen LogP contribution in [0.3, 0.4) is 0 Å². The van der Waals surface area contributed by atoms with Gasteiger partial charge in [0.2, 0.25) is 11.8 Å². The normalized spacial score (nSPS) is 21.1. The number of aryl methyl sites for hydroxylation is 1. The van der Waals surface area contributed by atoms with Crippen molar-refractivity contribution in [2.75, 3.05) is 45.8 Å². The minimum Gasteiger partial charge on any atom is -0.342 e. The van der Waals surface area contributed by atoms with Crippen LogP contribution in [0.4, 0.5) is 0 Å². The monoisotopic (exact) mass is 363 g/mol. The largest absolute Gasteiger partial charge is 0.342 e. The van der Waals surface area contributed by atoms with Crippen LogP contribution in [-0.2, 0) is 11.2 Å². The van der Waals surface area contributed by atoms with Gasteiger partial charge in [-0.1, -0.05) is 18.5 Å². The van der Waals surface area contributed by atoms with Crippen LogP contribution in [0.1, 0.15) is 63.7 Å². The summed E-state index contributed by atoms with van der Waals surface area (Å²) in [5.41, 5.74) is 0. The highest BCUT2D eigenvalue weighted by atomic mass is 16.5. The van der Waals surface area contributed by atoms with Gasteiger partial charge in [0.15, 0.2) is 5.82 Å². The highest BCUT2D eigenvalue weighted by molar-refractivity contribution is 5.78. The van der Waals surface area contributed by atoms with Gasteiger partial charge in [-0.2, -0.15) is 4.98 Å². The van der Waals surface area contributed by atoms with Crippen LogP contribution in [0, 0.1) is 0 Å². The highest BCUT2D eigenvalue weighted by Crippen LogP contribution is 2.20. The van der Waals surface area contributed by atoms with Crippen molar-refractivity contribution in [2.24, 2.45) is 0 Å². The Kier molecular flexibility index (Phi) is 7.02. The molecule has 0 bridgehead atoms. The second kappa shape index (κ2) is 9.46. The molecule has 2 aliphatic rings. The average Bonchev–Trinajstić information content (AvgIpc) is 3.16. The summed E-state index contributed by atoms with van der Waals surface area (Å²) in [7, 11) is 0. The number of rotatable bonds is 7. The second-order valence-electron chi connectivity index (χ2n) is 7.58. The summed E-state index contributed by atoms with van der Waals surface area (Å²) in [6.07, 6.45) is 6.69. The lowest BCUT2D eigenvalue weighted by Gasteiger charge is -2.37. The minimum atomic E-state index is 0.137. The zero-order chi connectivity index (χ0) is 18.4. The van der Waals surface area contributed by atoms with Gasteiger partial charge < -0.3 is 9.42 Å². The van der Waals surface area contributed by atoms with Crippen molar-refractivity contribution in [3.8, 4) is 0 Å². The van der Waals surface area contributed by atoms with Crippen molar-refractivity contribution in [1.29, 1.82) is 0 Å². The maximum Gasteiger partial charge on any atom is 0.243 e. The van der Waals surface area contributed by atoms with Crippen molar-refractivity contribution in [1.82, 2.24) is 24.8 Å². The van der Waals surface area contributed by atoms with E-state index >= 15 is 0 Å². The first-order valence-electron chi connectivity index (χ1n) is 10.2. The van der Waals surface area contributed by atoms with Crippen LogP contribution < -0.4 is 0 Å². The molecule has 7 heteroatoms. The highest BCUT2D eigenvalue weighted by Gasteiger charge is 2.27. The summed E-state index contributed by atoms with van der Waals surface area (Å²) in [5, 5.41) is 4.10. The summed E-state index contributed by atoms with van der Waals surface area (Å²) in [6, 6.07) is 0.137. The number of likely N-dealkylation sites (tertiary alicyclic amines) is 1. The van der Waals surface area contributed by atoms with Crippen LogP contribution in [0.25, 0.3) is 0 Å². The molecule has 0 spiro atoms. The number of piperidine rings is 1. The summed E-state index contributed by atoms with van der Waals surface area (Å²) in [4.78, 5) is 23.7. The summed E-state index contributed by atoms with van der Waals surface area (Å²) >= 11 is 0. The van der Waals surface area contributed by atoms with E-state index < -0.39 is 0 Å². The van der Waals surface area contributed by atoms with Gasteiger partial charge in [0, 0.05) is 45.7 Å². The van der Waals surface area contributed by atoms with Gasteiger partial charge in [-0.05, 0) is 32.6 Å². The SMILES string of the molecule is CCCCc1noc(C(C)N2CCN(CC(=O)N3CCCCC3)CC2)n1. The third kappa shape index (κ3) is 5.04. The average molecular weight is 364 g/mol. The Morgan fingerprint density at radius 1 is 1.12 bits per heavy atom. The third-order valence-electron chi connectivity index (χ3n) is 5.62. The Bertz CT molecular complexity index is 562. The van der Waals surface area contributed by atoms with Crippen molar-refractivity contribution in [3.63, 3.8) is 0 Å². The summed E-state index contributed by atoms with van der Waals surface area (Å²) in [5.74, 6) is 1.83. The smallest absolute Gasteiger partial charge is 0.243 e. The molecule has 26 heavy (non-hydrogen) atoms. The van der Waals surface area contributed by atoms with Crippen LogP contribution >= 0.6 is 0 Å². The van der Waals surface area contributed by atoms with Gasteiger partial charge in [0.05, 0.1) is 12.6 Å². The molecule has 2 saturated heterocycles. The maximum absolute atomic E-state index is 12.4. The number of amides is 1. The van der Waals surface area contributed by atoms with Gasteiger partial charge in [0.25, 0.3) is 0 Å². The zero-order valence-corrected chi connectivity index (χ0v) is 16.3. The van der Waals surface area contributed by atoms with Crippen LogP contribution in [0.15, 0.2) is 4.52 Å². The first-order valence-corrected chi connectivity index (χ1v) is 10.2. The Labute approximate surface area is 156 Å². The molecule has 7 nitrogen and oxygen atoms in total. The number of piperazine rings is 1. The zero-order valence-electron chi connectivity index (χ0n) is 16.3. The van der Waals surface area contributed by atoms with Gasteiger partial charge in [-0.15, -0.1) is 0 Å². The Morgan fingerprint density at radius 3 is 2.54 bits per heavy atom. The van der Waals surface area contributed by atoms with Gasteiger partial charge in [-0.3, -0.25) is 14.6 Å². The van der Waals surface area contributed by atoms with E-state index in [0.29, 0.717) is 18.3 Å². The number of nitrogens with zero attached hydrogens (tertiary/aromatic N) is 5. The Morgan fingerprint density at radius 2 is 1.85 bits per heavy atom. The van der Waals surface area contributed by atoms with Crippen molar-refractivity contribution < 1.29 is 9.32 Å². The quantitative estimate of drug-likeness (QED) is 0.739. The molecule has 3 rings (SSSR count). The molecule has 0 aliphatic carbocycles. The number of hydrogen-bond acceptors (Lipinski definition) is 6. The first-order chi connectivity index (χ1) is 12.7. The fraction of sp³-hybridized carbons (Fsp3) is 0.842. The molecular formula is C19H33N5O2. The first kappa shape index (κ1) is 19.3. The maximum atomic E-state index is 12.4. The molecule has 1 unspecified atom stereocenters. The molecule has 1 aromatic heterocycles. The molecule has 1 amide bonds. The van der Waals surface area contributed by atoms with E-state index in [0.717, 1.165) is 77.2 Å². The Hall–Kier alpha value is -1.47. The third-order valence-corrected chi connectivity index (χ3v) is 5.62. The molecule has 0 aromatic carbocycles. The number of aromatic nitrogens is 2. The second-order valence-corrected chi connectivity index (χ2v) is 7.58. The lowest BCUT2D eigenvalue weighted by atomic mass is 10.1.